The molecule has 1 amide bonds. The van der Waals surface area contributed by atoms with Crippen molar-refractivity contribution in [2.45, 2.75) is 116 Å². The molecule has 0 aliphatic carbocycles. The lowest BCUT2D eigenvalue weighted by Gasteiger charge is -2.15. The number of benzene rings is 1. The minimum Gasteiger partial charge on any atom is -0.489 e. The highest BCUT2D eigenvalue weighted by Crippen LogP contribution is 2.25. The largest absolute Gasteiger partial charge is 0.489 e. The molecule has 2 rings (SSSR count). The van der Waals surface area contributed by atoms with E-state index in [1.54, 1.807) is 0 Å². The molecule has 1 heterocycles. The standard InChI is InChI=1S/C29H50N2O3/c1-2-3-4-5-6-7-8-9-10-11-12-13-14-17-22-30-24-29(32)31-27-20-15-16-21-28(27)34-25-26-19-18-23-33-26/h15-16,20-21,26,30H,2-14,17-19,22-25H2,1H3,(H,31,32). The van der Waals surface area contributed by atoms with E-state index in [9.17, 15) is 4.79 Å². The number of rotatable bonds is 21. The van der Waals surface area contributed by atoms with E-state index in [0.717, 1.165) is 38.1 Å². The zero-order valence-electron chi connectivity index (χ0n) is 21.8. The summed E-state index contributed by atoms with van der Waals surface area (Å²) < 4.78 is 11.5. The predicted octanol–water partition coefficient (Wildman–Crippen LogP) is 7.25. The number of nitrogens with one attached hydrogen (secondary N) is 2. The molecule has 5 nitrogen and oxygen atoms in total. The molecule has 0 spiro atoms. The lowest BCUT2D eigenvalue weighted by molar-refractivity contribution is -0.115. The number of unbranched alkanes of at least 4 members (excludes halogenated alkanes) is 13. The van der Waals surface area contributed by atoms with Crippen LogP contribution in [0, 0.1) is 0 Å². The van der Waals surface area contributed by atoms with Crippen LogP contribution in [0.15, 0.2) is 24.3 Å². The minimum atomic E-state index is -0.0291. The molecule has 1 saturated heterocycles. The summed E-state index contributed by atoms with van der Waals surface area (Å²) >= 11 is 0. The predicted molar refractivity (Wildman–Crippen MR) is 143 cm³/mol. The second-order valence-corrected chi connectivity index (χ2v) is 9.76. The van der Waals surface area contributed by atoms with E-state index in [1.165, 1.54) is 83.5 Å². The monoisotopic (exact) mass is 474 g/mol. The number of carbonyl (C=O) groups excluding carboxylic acids is 1. The number of hydrogen-bond acceptors (Lipinski definition) is 4. The van der Waals surface area contributed by atoms with Crippen molar-refractivity contribution in [3.05, 3.63) is 24.3 Å². The Bertz CT molecular complexity index is 632. The van der Waals surface area contributed by atoms with E-state index in [-0.39, 0.29) is 12.0 Å². The first-order valence-corrected chi connectivity index (χ1v) is 14.1. The molecule has 0 saturated carbocycles. The molecule has 0 bridgehead atoms. The van der Waals surface area contributed by atoms with Gasteiger partial charge in [0, 0.05) is 6.61 Å². The van der Waals surface area contributed by atoms with Crippen LogP contribution >= 0.6 is 0 Å². The van der Waals surface area contributed by atoms with Crippen LogP contribution in [0.25, 0.3) is 0 Å². The van der Waals surface area contributed by atoms with Gasteiger partial charge in [0.1, 0.15) is 12.4 Å². The zero-order valence-corrected chi connectivity index (χ0v) is 21.8. The van der Waals surface area contributed by atoms with Crippen molar-refractivity contribution in [1.29, 1.82) is 0 Å². The minimum absolute atomic E-state index is 0.0291. The Morgan fingerprint density at radius 3 is 2.15 bits per heavy atom. The second-order valence-electron chi connectivity index (χ2n) is 9.76. The van der Waals surface area contributed by atoms with Gasteiger partial charge in [0.05, 0.1) is 18.3 Å². The van der Waals surface area contributed by atoms with Crippen molar-refractivity contribution in [3.8, 4) is 5.75 Å². The maximum absolute atomic E-state index is 12.3. The first-order chi connectivity index (χ1) is 16.8. The number of para-hydroxylation sites is 2. The summed E-state index contributed by atoms with van der Waals surface area (Å²) in [6.07, 6.45) is 21.4. The number of hydrogen-bond donors (Lipinski definition) is 2. The van der Waals surface area contributed by atoms with Crippen molar-refractivity contribution in [2.24, 2.45) is 0 Å². The van der Waals surface area contributed by atoms with Gasteiger partial charge in [-0.05, 0) is 37.9 Å². The van der Waals surface area contributed by atoms with Crippen LogP contribution in [0.5, 0.6) is 5.75 Å². The molecule has 0 radical (unpaired) electrons. The molecule has 1 aromatic carbocycles. The van der Waals surface area contributed by atoms with Gasteiger partial charge in [0.15, 0.2) is 0 Å². The fourth-order valence-electron chi connectivity index (χ4n) is 4.50. The first kappa shape index (κ1) is 28.6. The highest BCUT2D eigenvalue weighted by Gasteiger charge is 2.17. The van der Waals surface area contributed by atoms with Crippen LogP contribution < -0.4 is 15.4 Å². The second kappa shape index (κ2) is 19.7. The van der Waals surface area contributed by atoms with Gasteiger partial charge in [-0.3, -0.25) is 4.79 Å². The van der Waals surface area contributed by atoms with Gasteiger partial charge in [-0.2, -0.15) is 0 Å². The van der Waals surface area contributed by atoms with Crippen molar-refractivity contribution < 1.29 is 14.3 Å². The Hall–Kier alpha value is -1.59. The number of carbonyl (C=O) groups is 1. The van der Waals surface area contributed by atoms with Gasteiger partial charge in [0.2, 0.25) is 5.91 Å². The lowest BCUT2D eigenvalue weighted by Crippen LogP contribution is -2.29. The number of amides is 1. The Labute approximate surface area is 208 Å². The molecule has 1 atom stereocenters. The van der Waals surface area contributed by atoms with E-state index < -0.39 is 0 Å². The third kappa shape index (κ3) is 14.0. The summed E-state index contributed by atoms with van der Waals surface area (Å²) in [6, 6.07) is 7.62. The van der Waals surface area contributed by atoms with E-state index in [1.807, 2.05) is 24.3 Å². The fraction of sp³-hybridized carbons (Fsp3) is 0.759. The van der Waals surface area contributed by atoms with Crippen molar-refractivity contribution in [3.63, 3.8) is 0 Å². The van der Waals surface area contributed by atoms with Gasteiger partial charge < -0.3 is 20.1 Å². The smallest absolute Gasteiger partial charge is 0.238 e. The highest BCUT2D eigenvalue weighted by molar-refractivity contribution is 5.93. The molecule has 1 aliphatic rings. The molecule has 0 aromatic heterocycles. The van der Waals surface area contributed by atoms with Crippen LogP contribution in [0.1, 0.15) is 110 Å². The van der Waals surface area contributed by atoms with Crippen LogP contribution in [0.3, 0.4) is 0 Å². The molecular formula is C29H50N2O3. The molecule has 2 N–H and O–H groups in total. The van der Waals surface area contributed by atoms with Gasteiger partial charge in [-0.25, -0.2) is 0 Å². The maximum atomic E-state index is 12.3. The quantitative estimate of drug-likeness (QED) is 0.184. The van der Waals surface area contributed by atoms with Crippen LogP contribution in [-0.4, -0.2) is 38.3 Å². The van der Waals surface area contributed by atoms with Crippen molar-refractivity contribution >= 4 is 11.6 Å². The summed E-state index contributed by atoms with van der Waals surface area (Å²) in [6.45, 7) is 4.85. The molecule has 1 aliphatic heterocycles. The fourth-order valence-corrected chi connectivity index (χ4v) is 4.50. The van der Waals surface area contributed by atoms with Crippen LogP contribution in [-0.2, 0) is 9.53 Å². The van der Waals surface area contributed by atoms with Crippen molar-refractivity contribution in [2.75, 3.05) is 31.6 Å². The molecule has 34 heavy (non-hydrogen) atoms. The summed E-state index contributed by atoms with van der Waals surface area (Å²) in [5.74, 6) is 0.678. The molecule has 1 unspecified atom stereocenters. The van der Waals surface area contributed by atoms with E-state index in [4.69, 9.17) is 9.47 Å². The number of anilines is 1. The molecule has 1 fully saturated rings. The highest BCUT2D eigenvalue weighted by atomic mass is 16.5. The molecule has 5 heteroatoms. The SMILES string of the molecule is CCCCCCCCCCCCCCCCNCC(=O)Nc1ccccc1OCC1CCCO1. The van der Waals surface area contributed by atoms with Crippen LogP contribution in [0.2, 0.25) is 0 Å². The number of ether oxygens (including phenoxy) is 2. The van der Waals surface area contributed by atoms with Gasteiger partial charge >= 0.3 is 0 Å². The summed E-state index contributed by atoms with van der Waals surface area (Å²) in [7, 11) is 0. The lowest BCUT2D eigenvalue weighted by atomic mass is 10.0. The topological polar surface area (TPSA) is 59.6 Å². The summed E-state index contributed by atoms with van der Waals surface area (Å²) in [5, 5.41) is 6.24. The molecular weight excluding hydrogens is 424 g/mol. The third-order valence-corrected chi connectivity index (χ3v) is 6.60. The van der Waals surface area contributed by atoms with Crippen LogP contribution in [0.4, 0.5) is 5.69 Å². The first-order valence-electron chi connectivity index (χ1n) is 14.1. The average Bonchev–Trinajstić information content (AvgIpc) is 3.37. The van der Waals surface area contributed by atoms with Gasteiger partial charge in [-0.1, -0.05) is 103 Å². The summed E-state index contributed by atoms with van der Waals surface area (Å²) in [5.41, 5.74) is 0.726. The Kier molecular flexibility index (Phi) is 16.6. The van der Waals surface area contributed by atoms with Gasteiger partial charge in [0.25, 0.3) is 0 Å². The maximum Gasteiger partial charge on any atom is 0.238 e. The molecule has 194 valence electrons. The van der Waals surface area contributed by atoms with E-state index in [2.05, 4.69) is 17.6 Å². The van der Waals surface area contributed by atoms with Gasteiger partial charge in [-0.15, -0.1) is 0 Å². The average molecular weight is 475 g/mol. The van der Waals surface area contributed by atoms with Crippen molar-refractivity contribution in [1.82, 2.24) is 5.32 Å². The Balaban J connectivity index is 1.40. The third-order valence-electron chi connectivity index (χ3n) is 6.60. The molecule has 1 aromatic rings. The normalized spacial score (nSPS) is 15.5. The zero-order chi connectivity index (χ0) is 24.1. The van der Waals surface area contributed by atoms with E-state index in [0.29, 0.717) is 18.9 Å². The summed E-state index contributed by atoms with van der Waals surface area (Å²) in [4.78, 5) is 12.3. The Morgan fingerprint density at radius 2 is 1.53 bits per heavy atom. The Morgan fingerprint density at radius 1 is 0.912 bits per heavy atom. The van der Waals surface area contributed by atoms with E-state index >= 15 is 0 Å².